The van der Waals surface area contributed by atoms with Crippen LogP contribution in [0.15, 0.2) is 60.2 Å². The molecule has 1 aromatic heterocycles. The standard InChI is InChI=1S/C22H24FN3O3/c1-5-17(22(29)24-19-8-6-7-18(23)11-19)10-9-14(2)13-26-16(4)20(12-21(27)28)15(3)25-26/h5-11H,2,12-13H2,1,3-4H3,(H,24,29)(H,27,28)/b10-9-,17-5+. The predicted octanol–water partition coefficient (Wildman–Crippen LogP) is 3.96. The summed E-state index contributed by atoms with van der Waals surface area (Å²) in [5, 5.41) is 16.0. The summed E-state index contributed by atoms with van der Waals surface area (Å²) >= 11 is 0. The highest BCUT2D eigenvalue weighted by atomic mass is 19.1. The van der Waals surface area contributed by atoms with Crippen molar-refractivity contribution < 1.29 is 19.1 Å². The zero-order chi connectivity index (χ0) is 21.6. The minimum absolute atomic E-state index is 0.0804. The summed E-state index contributed by atoms with van der Waals surface area (Å²) in [6.07, 6.45) is 4.89. The number of aryl methyl sites for hydroxylation is 1. The van der Waals surface area contributed by atoms with Gasteiger partial charge >= 0.3 is 5.97 Å². The smallest absolute Gasteiger partial charge is 0.307 e. The van der Waals surface area contributed by atoms with Crippen LogP contribution in [0.2, 0.25) is 0 Å². The van der Waals surface area contributed by atoms with Crippen molar-refractivity contribution in [2.24, 2.45) is 0 Å². The topological polar surface area (TPSA) is 84.2 Å². The van der Waals surface area contributed by atoms with Crippen molar-refractivity contribution in [1.29, 1.82) is 0 Å². The quantitative estimate of drug-likeness (QED) is 0.522. The number of amides is 1. The fourth-order valence-electron chi connectivity index (χ4n) is 2.82. The Bertz CT molecular complexity index is 1000. The highest BCUT2D eigenvalue weighted by molar-refractivity contribution is 6.05. The van der Waals surface area contributed by atoms with Gasteiger partial charge in [0.15, 0.2) is 0 Å². The van der Waals surface area contributed by atoms with Crippen molar-refractivity contribution in [2.75, 3.05) is 5.32 Å². The lowest BCUT2D eigenvalue weighted by molar-refractivity contribution is -0.136. The van der Waals surface area contributed by atoms with Crippen LogP contribution in [0.3, 0.4) is 0 Å². The van der Waals surface area contributed by atoms with Gasteiger partial charge in [0.2, 0.25) is 0 Å². The summed E-state index contributed by atoms with van der Waals surface area (Å²) in [5.74, 6) is -1.70. The molecule has 1 amide bonds. The molecule has 0 saturated carbocycles. The molecule has 0 saturated heterocycles. The third kappa shape index (κ3) is 6.00. The van der Waals surface area contributed by atoms with E-state index in [2.05, 4.69) is 17.0 Å². The molecule has 0 atom stereocenters. The van der Waals surface area contributed by atoms with Crippen molar-refractivity contribution in [3.63, 3.8) is 0 Å². The maximum Gasteiger partial charge on any atom is 0.307 e. The number of carbonyl (C=O) groups is 2. The van der Waals surface area contributed by atoms with Crippen LogP contribution < -0.4 is 5.32 Å². The minimum Gasteiger partial charge on any atom is -0.481 e. The van der Waals surface area contributed by atoms with Gasteiger partial charge in [-0.25, -0.2) is 4.39 Å². The minimum atomic E-state index is -0.906. The normalized spacial score (nSPS) is 11.7. The molecule has 0 aliphatic carbocycles. The Morgan fingerprint density at radius 3 is 2.66 bits per heavy atom. The molecule has 0 radical (unpaired) electrons. The average molecular weight is 397 g/mol. The van der Waals surface area contributed by atoms with Crippen LogP contribution in [0, 0.1) is 19.7 Å². The van der Waals surface area contributed by atoms with Crippen molar-refractivity contribution in [3.05, 3.63) is 83.0 Å². The first kappa shape index (κ1) is 21.8. The summed E-state index contributed by atoms with van der Waals surface area (Å²) in [6, 6.07) is 5.67. The highest BCUT2D eigenvalue weighted by Gasteiger charge is 2.14. The van der Waals surface area contributed by atoms with E-state index < -0.39 is 11.8 Å². The average Bonchev–Trinajstić information content (AvgIpc) is 2.89. The number of hydrogen-bond acceptors (Lipinski definition) is 3. The molecular weight excluding hydrogens is 373 g/mol. The van der Waals surface area contributed by atoms with E-state index in [9.17, 15) is 14.0 Å². The van der Waals surface area contributed by atoms with Gasteiger partial charge in [0.25, 0.3) is 5.91 Å². The second-order valence-corrected chi connectivity index (χ2v) is 6.58. The lowest BCUT2D eigenvalue weighted by Gasteiger charge is -2.07. The van der Waals surface area contributed by atoms with E-state index in [-0.39, 0.29) is 12.3 Å². The molecule has 7 heteroatoms. The summed E-state index contributed by atoms with van der Waals surface area (Å²) < 4.78 is 15.0. The van der Waals surface area contributed by atoms with E-state index in [1.807, 2.05) is 6.92 Å². The van der Waals surface area contributed by atoms with Gasteiger partial charge in [-0.15, -0.1) is 0 Å². The summed E-state index contributed by atoms with van der Waals surface area (Å²) in [7, 11) is 0. The number of halogens is 1. The Morgan fingerprint density at radius 1 is 1.31 bits per heavy atom. The molecule has 6 nitrogen and oxygen atoms in total. The van der Waals surface area contributed by atoms with Gasteiger partial charge in [-0.3, -0.25) is 14.3 Å². The number of carbonyl (C=O) groups excluding carboxylic acids is 1. The van der Waals surface area contributed by atoms with Crippen LogP contribution in [-0.2, 0) is 22.6 Å². The predicted molar refractivity (Wildman–Crippen MR) is 110 cm³/mol. The number of carboxylic acid groups (broad SMARTS) is 1. The van der Waals surface area contributed by atoms with Crippen molar-refractivity contribution >= 4 is 17.6 Å². The van der Waals surface area contributed by atoms with Crippen LogP contribution in [0.4, 0.5) is 10.1 Å². The van der Waals surface area contributed by atoms with Gasteiger partial charge in [-0.05, 0) is 50.6 Å². The van der Waals surface area contributed by atoms with Crippen LogP contribution in [-0.4, -0.2) is 26.8 Å². The SMILES string of the molecule is C=C(/C=C\C(=C/C)C(=O)Nc1cccc(F)c1)Cn1nc(C)c(CC(=O)O)c1C. The number of hydrogen-bond donors (Lipinski definition) is 2. The molecule has 1 heterocycles. The van der Waals surface area contributed by atoms with E-state index >= 15 is 0 Å². The van der Waals surface area contributed by atoms with E-state index in [4.69, 9.17) is 5.11 Å². The summed E-state index contributed by atoms with van der Waals surface area (Å²) in [5.41, 5.74) is 3.60. The maximum atomic E-state index is 13.3. The lowest BCUT2D eigenvalue weighted by Crippen LogP contribution is -2.13. The number of carboxylic acids is 1. The second-order valence-electron chi connectivity index (χ2n) is 6.58. The van der Waals surface area contributed by atoms with Gasteiger partial charge in [-0.2, -0.15) is 5.10 Å². The molecule has 152 valence electrons. The molecule has 2 aromatic rings. The number of benzene rings is 1. The van der Waals surface area contributed by atoms with Crippen LogP contribution in [0.1, 0.15) is 23.9 Å². The molecule has 0 aliphatic heterocycles. The first-order valence-electron chi connectivity index (χ1n) is 9.05. The van der Waals surface area contributed by atoms with E-state index in [1.54, 1.807) is 42.8 Å². The Morgan fingerprint density at radius 2 is 2.03 bits per heavy atom. The van der Waals surface area contributed by atoms with Gasteiger partial charge in [0.05, 0.1) is 18.7 Å². The van der Waals surface area contributed by atoms with Gasteiger partial charge in [0, 0.05) is 22.5 Å². The van der Waals surface area contributed by atoms with Crippen LogP contribution >= 0.6 is 0 Å². The fraction of sp³-hybridized carbons (Fsp3) is 0.227. The van der Waals surface area contributed by atoms with Crippen LogP contribution in [0.25, 0.3) is 0 Å². The third-order valence-electron chi connectivity index (χ3n) is 4.37. The van der Waals surface area contributed by atoms with Gasteiger partial charge in [-0.1, -0.05) is 24.8 Å². The Labute approximate surface area is 169 Å². The molecule has 0 aliphatic rings. The molecule has 1 aromatic carbocycles. The zero-order valence-electron chi connectivity index (χ0n) is 16.7. The number of anilines is 1. The van der Waals surface area contributed by atoms with Crippen molar-refractivity contribution in [3.8, 4) is 0 Å². The number of nitrogens with one attached hydrogen (secondary N) is 1. The number of aromatic nitrogens is 2. The maximum absolute atomic E-state index is 13.3. The molecule has 0 spiro atoms. The molecule has 0 bridgehead atoms. The Kier molecular flexibility index (Phi) is 7.25. The third-order valence-corrected chi connectivity index (χ3v) is 4.37. The van der Waals surface area contributed by atoms with Crippen molar-refractivity contribution in [1.82, 2.24) is 9.78 Å². The fourth-order valence-corrected chi connectivity index (χ4v) is 2.82. The largest absolute Gasteiger partial charge is 0.481 e. The molecule has 2 rings (SSSR count). The molecule has 2 N–H and O–H groups in total. The van der Waals surface area contributed by atoms with E-state index in [1.165, 1.54) is 18.2 Å². The number of allylic oxidation sites excluding steroid dienone is 3. The number of aliphatic carboxylic acids is 1. The number of nitrogens with zero attached hydrogens (tertiary/aromatic N) is 2. The number of rotatable bonds is 8. The Hall–Kier alpha value is -3.48. The first-order valence-corrected chi connectivity index (χ1v) is 9.05. The lowest BCUT2D eigenvalue weighted by atomic mass is 10.1. The van der Waals surface area contributed by atoms with Gasteiger partial charge < -0.3 is 10.4 Å². The molecule has 0 unspecified atom stereocenters. The molecule has 29 heavy (non-hydrogen) atoms. The van der Waals surface area contributed by atoms with E-state index in [0.29, 0.717) is 34.6 Å². The second kappa shape index (κ2) is 9.64. The van der Waals surface area contributed by atoms with E-state index in [0.717, 1.165) is 5.69 Å². The van der Waals surface area contributed by atoms with Crippen molar-refractivity contribution in [2.45, 2.75) is 33.7 Å². The van der Waals surface area contributed by atoms with Gasteiger partial charge in [0.1, 0.15) is 5.82 Å². The zero-order valence-corrected chi connectivity index (χ0v) is 16.7. The van der Waals surface area contributed by atoms with Crippen LogP contribution in [0.5, 0.6) is 0 Å². The first-order chi connectivity index (χ1) is 13.7. The Balaban J connectivity index is 2.05. The summed E-state index contributed by atoms with van der Waals surface area (Å²) in [4.78, 5) is 23.4. The molecular formula is C22H24FN3O3. The molecule has 0 fully saturated rings. The highest BCUT2D eigenvalue weighted by Crippen LogP contribution is 2.16. The summed E-state index contributed by atoms with van der Waals surface area (Å²) in [6.45, 7) is 9.67. The monoisotopic (exact) mass is 397 g/mol.